The Morgan fingerprint density at radius 2 is 1.82 bits per heavy atom. The van der Waals surface area contributed by atoms with E-state index in [9.17, 15) is 28.5 Å². The van der Waals surface area contributed by atoms with Crippen molar-refractivity contribution in [3.63, 3.8) is 0 Å². The first-order valence-electron chi connectivity index (χ1n) is 9.52. The van der Waals surface area contributed by atoms with E-state index >= 15 is 0 Å². The molecule has 15 heteroatoms. The fraction of sp³-hybridized carbons (Fsp3) is 0.316. The van der Waals surface area contributed by atoms with Gasteiger partial charge in [0.2, 0.25) is 0 Å². The van der Waals surface area contributed by atoms with Crippen molar-refractivity contribution in [1.82, 2.24) is 25.2 Å². The molecule has 1 fully saturated rings. The molecule has 1 aliphatic rings. The predicted octanol–water partition coefficient (Wildman–Crippen LogP) is 1.45. The molecule has 0 radical (unpaired) electrons. The molecule has 0 amide bonds. The molecule has 178 valence electrons. The van der Waals surface area contributed by atoms with Crippen LogP contribution in [0.1, 0.15) is 11.7 Å². The molecule has 3 aromatic rings. The van der Waals surface area contributed by atoms with Crippen LogP contribution in [0.3, 0.4) is 0 Å². The number of nitriles is 1. The first-order valence-corrected chi connectivity index (χ1v) is 10.8. The van der Waals surface area contributed by atoms with Crippen LogP contribution in [0, 0.1) is 28.8 Å². The lowest BCUT2D eigenvalue weighted by molar-refractivity contribution is -0.178. The van der Waals surface area contributed by atoms with E-state index in [-0.39, 0.29) is 27.0 Å². The standard InChI is InChI=1S/C19H14ClF3N6O4S/c20-8-3-14(27-25-11(8)4-24)34-19-18(32)16(17(31)13(6-30)33-19)29-5-12(26-28-29)7-1-9(21)15(23)10(22)2-7/h1-3,5,13,16-19,30-32H,6H2/t13-,16+,17+,18-,19-/m1/s1. The Hall–Kier alpha value is -2.80. The third-order valence-corrected chi connectivity index (χ3v) is 6.36. The summed E-state index contributed by atoms with van der Waals surface area (Å²) < 4.78 is 47.1. The molecule has 1 aliphatic heterocycles. The van der Waals surface area contributed by atoms with Crippen molar-refractivity contribution >= 4 is 23.4 Å². The van der Waals surface area contributed by atoms with E-state index in [1.165, 1.54) is 12.3 Å². The second-order valence-corrected chi connectivity index (χ2v) is 8.67. The van der Waals surface area contributed by atoms with E-state index in [0.717, 1.165) is 28.6 Å². The van der Waals surface area contributed by atoms with Crippen LogP contribution < -0.4 is 0 Å². The number of hydrogen-bond acceptors (Lipinski definition) is 10. The predicted molar refractivity (Wildman–Crippen MR) is 110 cm³/mol. The number of halogens is 4. The van der Waals surface area contributed by atoms with E-state index in [1.807, 2.05) is 0 Å². The normalized spacial score (nSPS) is 24.7. The molecule has 0 spiro atoms. The summed E-state index contributed by atoms with van der Waals surface area (Å²) in [6, 6.07) is 3.35. The van der Waals surface area contributed by atoms with Crippen molar-refractivity contribution < 1.29 is 33.2 Å². The summed E-state index contributed by atoms with van der Waals surface area (Å²) in [6.07, 6.45) is -2.86. The number of aliphatic hydroxyl groups excluding tert-OH is 3. The lowest BCUT2D eigenvalue weighted by Gasteiger charge is -2.41. The Morgan fingerprint density at radius 3 is 2.44 bits per heavy atom. The van der Waals surface area contributed by atoms with E-state index in [2.05, 4.69) is 20.5 Å². The van der Waals surface area contributed by atoms with Gasteiger partial charge in [-0.2, -0.15) is 5.26 Å². The number of ether oxygens (including phenoxy) is 1. The van der Waals surface area contributed by atoms with Gasteiger partial charge in [0.25, 0.3) is 0 Å². The summed E-state index contributed by atoms with van der Waals surface area (Å²) in [5.74, 6) is -4.48. The topological polar surface area (TPSA) is 150 Å². The number of aromatic nitrogens is 5. The first-order chi connectivity index (χ1) is 16.2. The Kier molecular flexibility index (Phi) is 7.03. The zero-order valence-electron chi connectivity index (χ0n) is 16.8. The molecular weight excluding hydrogens is 501 g/mol. The van der Waals surface area contributed by atoms with E-state index in [0.29, 0.717) is 0 Å². The molecule has 0 aliphatic carbocycles. The summed E-state index contributed by atoms with van der Waals surface area (Å²) in [7, 11) is 0. The summed E-state index contributed by atoms with van der Waals surface area (Å²) >= 11 is 6.83. The molecule has 3 N–H and O–H groups in total. The zero-order valence-corrected chi connectivity index (χ0v) is 18.3. The van der Waals surface area contributed by atoms with Gasteiger partial charge in [-0.25, -0.2) is 17.9 Å². The van der Waals surface area contributed by atoms with E-state index in [1.54, 1.807) is 6.07 Å². The second kappa shape index (κ2) is 9.82. The summed E-state index contributed by atoms with van der Waals surface area (Å²) in [5, 5.41) is 55.5. The van der Waals surface area contributed by atoms with Crippen molar-refractivity contribution in [3.05, 3.63) is 52.6 Å². The van der Waals surface area contributed by atoms with Gasteiger partial charge in [0.1, 0.15) is 46.6 Å². The summed E-state index contributed by atoms with van der Waals surface area (Å²) in [6.45, 7) is -0.614. The monoisotopic (exact) mass is 514 g/mol. The van der Waals surface area contributed by atoms with E-state index in [4.69, 9.17) is 21.6 Å². The molecule has 2 aromatic heterocycles. The smallest absolute Gasteiger partial charge is 0.194 e. The summed E-state index contributed by atoms with van der Waals surface area (Å²) in [4.78, 5) is 0. The Balaban J connectivity index is 1.63. The van der Waals surface area contributed by atoms with Gasteiger partial charge < -0.3 is 20.1 Å². The van der Waals surface area contributed by atoms with Crippen molar-refractivity contribution in [1.29, 1.82) is 5.26 Å². The van der Waals surface area contributed by atoms with Crippen LogP contribution in [-0.4, -0.2) is 70.9 Å². The molecule has 1 saturated heterocycles. The summed E-state index contributed by atoms with van der Waals surface area (Å²) in [5.41, 5.74) is -1.37. The number of aliphatic hydroxyl groups is 3. The average molecular weight is 515 g/mol. The number of thioether (sulfide) groups is 1. The number of rotatable bonds is 5. The molecule has 34 heavy (non-hydrogen) atoms. The highest BCUT2D eigenvalue weighted by Crippen LogP contribution is 2.38. The molecule has 5 atom stereocenters. The maximum Gasteiger partial charge on any atom is 0.194 e. The first kappa shape index (κ1) is 24.3. The van der Waals surface area contributed by atoms with Crippen molar-refractivity contribution in [2.75, 3.05) is 6.61 Å². The van der Waals surface area contributed by atoms with Gasteiger partial charge in [0.05, 0.1) is 17.8 Å². The highest BCUT2D eigenvalue weighted by Gasteiger charge is 2.46. The minimum absolute atomic E-state index is 0.0280. The molecule has 0 saturated carbocycles. The fourth-order valence-electron chi connectivity index (χ4n) is 3.34. The van der Waals surface area contributed by atoms with Crippen molar-refractivity contribution in [2.24, 2.45) is 0 Å². The van der Waals surface area contributed by atoms with Crippen LogP contribution in [0.5, 0.6) is 0 Å². The SMILES string of the molecule is N#Cc1nnc(S[C@H]2O[C@H](CO)[C@H](O)[C@H](n3cc(-c4cc(F)c(F)c(F)c4)nn3)[C@H]2O)cc1Cl. The van der Waals surface area contributed by atoms with Crippen LogP contribution in [0.25, 0.3) is 11.3 Å². The van der Waals surface area contributed by atoms with Crippen molar-refractivity contribution in [2.45, 2.75) is 34.8 Å². The minimum Gasteiger partial charge on any atom is -0.394 e. The van der Waals surface area contributed by atoms with Gasteiger partial charge >= 0.3 is 0 Å². The van der Waals surface area contributed by atoms with Gasteiger partial charge in [-0.3, -0.25) is 0 Å². The lowest BCUT2D eigenvalue weighted by Crippen LogP contribution is -2.55. The fourth-order valence-corrected chi connectivity index (χ4v) is 4.60. The maximum absolute atomic E-state index is 13.6. The molecule has 3 heterocycles. The third-order valence-electron chi connectivity index (χ3n) is 5.01. The maximum atomic E-state index is 13.6. The quantitative estimate of drug-likeness (QED) is 0.427. The van der Waals surface area contributed by atoms with Crippen LogP contribution in [0.4, 0.5) is 13.2 Å². The van der Waals surface area contributed by atoms with Crippen LogP contribution in [0.2, 0.25) is 5.02 Å². The number of benzene rings is 1. The zero-order chi connectivity index (χ0) is 24.6. The van der Waals surface area contributed by atoms with Crippen molar-refractivity contribution in [3.8, 4) is 17.3 Å². The average Bonchev–Trinajstić information content (AvgIpc) is 3.29. The van der Waals surface area contributed by atoms with Gasteiger partial charge in [0.15, 0.2) is 23.1 Å². The van der Waals surface area contributed by atoms with Gasteiger partial charge in [0, 0.05) is 5.56 Å². The lowest BCUT2D eigenvalue weighted by atomic mass is 9.97. The highest BCUT2D eigenvalue weighted by atomic mass is 35.5. The van der Waals surface area contributed by atoms with Gasteiger partial charge in [-0.1, -0.05) is 28.6 Å². The largest absolute Gasteiger partial charge is 0.394 e. The van der Waals surface area contributed by atoms with E-state index < -0.39 is 53.8 Å². The molecular formula is C19H14ClF3N6O4S. The Morgan fingerprint density at radius 1 is 1.12 bits per heavy atom. The molecule has 1 aromatic carbocycles. The second-order valence-electron chi connectivity index (χ2n) is 7.14. The van der Waals surface area contributed by atoms with Crippen LogP contribution in [-0.2, 0) is 4.74 Å². The number of nitrogens with zero attached hydrogens (tertiary/aromatic N) is 6. The van der Waals surface area contributed by atoms with Gasteiger partial charge in [-0.15, -0.1) is 15.3 Å². The third kappa shape index (κ3) is 4.58. The molecule has 0 bridgehead atoms. The van der Waals surface area contributed by atoms with Gasteiger partial charge in [-0.05, 0) is 18.2 Å². The number of hydrogen-bond donors (Lipinski definition) is 3. The van der Waals surface area contributed by atoms with Crippen LogP contribution >= 0.6 is 23.4 Å². The molecule has 0 unspecified atom stereocenters. The minimum atomic E-state index is -1.64. The molecule has 10 nitrogen and oxygen atoms in total. The Bertz CT molecular complexity index is 1240. The highest BCUT2D eigenvalue weighted by molar-refractivity contribution is 7.99. The molecule has 4 rings (SSSR count). The van der Waals surface area contributed by atoms with Crippen LogP contribution in [0.15, 0.2) is 29.4 Å². The Labute approximate surface area is 198 Å².